The van der Waals surface area contributed by atoms with Gasteiger partial charge < -0.3 is 10.8 Å². The van der Waals surface area contributed by atoms with Gasteiger partial charge in [-0.25, -0.2) is 22.3 Å². The molecule has 1 aliphatic carbocycles. The van der Waals surface area contributed by atoms with Gasteiger partial charge in [0.1, 0.15) is 5.52 Å². The number of nitrogen functional groups attached to an aromatic ring is 1. The van der Waals surface area contributed by atoms with Gasteiger partial charge in [-0.15, -0.1) is 5.10 Å². The zero-order valence-corrected chi connectivity index (χ0v) is 18.6. The van der Waals surface area contributed by atoms with E-state index in [2.05, 4.69) is 15.1 Å². The normalized spacial score (nSPS) is 19.6. The Morgan fingerprint density at radius 3 is 2.44 bits per heavy atom. The Hall–Kier alpha value is -2.84. The number of nitrogens with zero attached hydrogens (tertiary/aromatic N) is 5. The minimum Gasteiger partial charge on any atom is -0.392 e. The van der Waals surface area contributed by atoms with Crippen LogP contribution < -0.4 is 5.73 Å². The number of hydrogen-bond acceptors (Lipinski definition) is 7. The van der Waals surface area contributed by atoms with Crippen molar-refractivity contribution in [1.82, 2.24) is 23.9 Å². The number of piperidine rings is 1. The van der Waals surface area contributed by atoms with Crippen LogP contribution in [0.15, 0.2) is 30.6 Å². The molecule has 0 bridgehead atoms. The average Bonchev–Trinajstić information content (AvgIpc) is 3.59. The van der Waals surface area contributed by atoms with E-state index in [0.717, 1.165) is 48.4 Å². The lowest BCUT2D eigenvalue weighted by Crippen LogP contribution is -2.43. The molecular weight excluding hydrogens is 480 g/mol. The number of sulfonamides is 1. The molecule has 3 N–H and O–H groups in total. The summed E-state index contributed by atoms with van der Waals surface area (Å²) in [6.07, 6.45) is 0.0445. The van der Waals surface area contributed by atoms with Gasteiger partial charge >= 0.3 is 6.18 Å². The Morgan fingerprint density at radius 1 is 1.12 bits per heavy atom. The molecule has 9 nitrogen and oxygen atoms in total. The summed E-state index contributed by atoms with van der Waals surface area (Å²) in [5.74, 6) is -0.710. The van der Waals surface area contributed by atoms with E-state index < -0.39 is 33.7 Å². The minimum absolute atomic E-state index is 0.0564. The standard InChI is InChI=1S/C12H7F4N5.C8H15NO3S/c13-7-3-9(21-10(7)5-19-11(17)20-21)8-2-1-6(4-18-8)12(14,15)16;10-7-2-1-5-9(6-7)13(11,12)8-3-4-8/h1-5H,(H2,17,20);7-8,10H,1-6H2. The van der Waals surface area contributed by atoms with Crippen LogP contribution in [-0.2, 0) is 16.2 Å². The predicted octanol–water partition coefficient (Wildman–Crippen LogP) is 2.47. The SMILES string of the molecule is Nc1ncc2c(F)cc(-c3ccc(C(F)(F)F)cn3)n2n1.O=S(=O)(C1CC1)N1CCCC(O)C1. The number of fused-ring (bicyclic) bond motifs is 1. The van der Waals surface area contributed by atoms with Crippen molar-refractivity contribution in [3.8, 4) is 11.4 Å². The van der Waals surface area contributed by atoms with E-state index in [4.69, 9.17) is 5.73 Å². The summed E-state index contributed by atoms with van der Waals surface area (Å²) in [6, 6.07) is 3.12. The van der Waals surface area contributed by atoms with Crippen molar-refractivity contribution in [3.05, 3.63) is 42.0 Å². The largest absolute Gasteiger partial charge is 0.417 e. The number of rotatable bonds is 3. The van der Waals surface area contributed by atoms with E-state index in [9.17, 15) is 31.1 Å². The van der Waals surface area contributed by atoms with Gasteiger partial charge in [-0.3, -0.25) is 4.98 Å². The van der Waals surface area contributed by atoms with Crippen LogP contribution in [0.4, 0.5) is 23.5 Å². The van der Waals surface area contributed by atoms with Crippen LogP contribution in [0.1, 0.15) is 31.2 Å². The Kier molecular flexibility index (Phi) is 6.48. The van der Waals surface area contributed by atoms with Crippen LogP contribution in [0.2, 0.25) is 0 Å². The summed E-state index contributed by atoms with van der Waals surface area (Å²) in [5.41, 5.74) is 4.92. The maximum Gasteiger partial charge on any atom is 0.417 e. The number of aromatic nitrogens is 4. The molecule has 1 atom stereocenters. The Labute approximate surface area is 192 Å². The number of alkyl halides is 3. The lowest BCUT2D eigenvalue weighted by Gasteiger charge is -2.29. The van der Waals surface area contributed by atoms with Crippen LogP contribution in [0.25, 0.3) is 16.9 Å². The predicted molar refractivity (Wildman–Crippen MR) is 114 cm³/mol. The van der Waals surface area contributed by atoms with Crippen LogP contribution in [0, 0.1) is 5.82 Å². The lowest BCUT2D eigenvalue weighted by molar-refractivity contribution is -0.137. The van der Waals surface area contributed by atoms with E-state index >= 15 is 0 Å². The highest BCUT2D eigenvalue weighted by atomic mass is 32.2. The fourth-order valence-corrected chi connectivity index (χ4v) is 5.51. The van der Waals surface area contributed by atoms with Crippen LogP contribution in [0.5, 0.6) is 0 Å². The Morgan fingerprint density at radius 2 is 1.85 bits per heavy atom. The van der Waals surface area contributed by atoms with E-state index in [0.29, 0.717) is 19.3 Å². The van der Waals surface area contributed by atoms with Crippen molar-refractivity contribution >= 4 is 21.5 Å². The van der Waals surface area contributed by atoms with E-state index in [1.807, 2.05) is 0 Å². The summed E-state index contributed by atoms with van der Waals surface area (Å²) < 4.78 is 77.2. The first kappa shape index (κ1) is 24.3. The molecule has 1 unspecified atom stereocenters. The molecule has 4 heterocycles. The molecule has 3 aromatic rings. The van der Waals surface area contributed by atoms with Gasteiger partial charge in [0.15, 0.2) is 5.82 Å². The summed E-state index contributed by atoms with van der Waals surface area (Å²) >= 11 is 0. The number of halogens is 4. The summed E-state index contributed by atoms with van der Waals surface area (Å²) in [4.78, 5) is 7.36. The van der Waals surface area contributed by atoms with Gasteiger partial charge in [0.25, 0.3) is 0 Å². The van der Waals surface area contributed by atoms with Gasteiger partial charge in [0.2, 0.25) is 16.0 Å². The van der Waals surface area contributed by atoms with Gasteiger partial charge in [0.05, 0.1) is 34.5 Å². The first-order chi connectivity index (χ1) is 16.0. The monoisotopic (exact) mass is 502 g/mol. The molecule has 0 amide bonds. The lowest BCUT2D eigenvalue weighted by atomic mass is 10.1. The fraction of sp³-hybridized carbons (Fsp3) is 0.450. The number of nitrogens with two attached hydrogens (primary N) is 1. The number of anilines is 1. The smallest absolute Gasteiger partial charge is 0.392 e. The van der Waals surface area contributed by atoms with Gasteiger partial charge in [-0.05, 0) is 37.8 Å². The number of aliphatic hydroxyl groups excluding tert-OH is 1. The van der Waals surface area contributed by atoms with Crippen molar-refractivity contribution in [2.45, 2.75) is 43.2 Å². The quantitative estimate of drug-likeness (QED) is 0.527. The van der Waals surface area contributed by atoms with E-state index in [1.54, 1.807) is 0 Å². The van der Waals surface area contributed by atoms with Gasteiger partial charge in [-0.1, -0.05) is 0 Å². The zero-order chi connectivity index (χ0) is 24.7. The maximum absolute atomic E-state index is 13.7. The molecule has 184 valence electrons. The highest BCUT2D eigenvalue weighted by Gasteiger charge is 2.41. The summed E-state index contributed by atoms with van der Waals surface area (Å²) in [7, 11) is -3.05. The van der Waals surface area contributed by atoms with Gasteiger partial charge in [0, 0.05) is 25.4 Å². The molecule has 1 aliphatic heterocycles. The van der Waals surface area contributed by atoms with Crippen molar-refractivity contribution in [2.75, 3.05) is 18.8 Å². The van der Waals surface area contributed by atoms with E-state index in [1.165, 1.54) is 10.5 Å². The topological polar surface area (TPSA) is 127 Å². The highest BCUT2D eigenvalue weighted by molar-refractivity contribution is 7.90. The first-order valence-electron chi connectivity index (χ1n) is 10.5. The molecule has 1 saturated heterocycles. The number of pyridine rings is 1. The van der Waals surface area contributed by atoms with Crippen molar-refractivity contribution < 1.29 is 31.1 Å². The first-order valence-corrected chi connectivity index (χ1v) is 12.0. The summed E-state index contributed by atoms with van der Waals surface area (Å²) in [5, 5.41) is 13.0. The number of hydrogen-bond donors (Lipinski definition) is 2. The molecule has 2 aliphatic rings. The van der Waals surface area contributed by atoms with Gasteiger partial charge in [-0.2, -0.15) is 17.5 Å². The molecule has 2 fully saturated rings. The molecule has 14 heteroatoms. The van der Waals surface area contributed by atoms with Crippen LogP contribution in [0.3, 0.4) is 0 Å². The summed E-state index contributed by atoms with van der Waals surface area (Å²) in [6.45, 7) is 0.898. The number of aliphatic hydroxyl groups is 1. The molecule has 0 spiro atoms. The highest BCUT2D eigenvalue weighted by Crippen LogP contribution is 2.32. The second-order valence-electron chi connectivity index (χ2n) is 8.12. The second kappa shape index (κ2) is 9.07. The zero-order valence-electron chi connectivity index (χ0n) is 17.8. The molecule has 0 aromatic carbocycles. The van der Waals surface area contributed by atoms with Crippen molar-refractivity contribution in [2.24, 2.45) is 0 Å². The second-order valence-corrected chi connectivity index (χ2v) is 10.3. The third kappa shape index (κ3) is 5.13. The Bertz CT molecular complexity index is 1280. The molecule has 5 rings (SSSR count). The average molecular weight is 502 g/mol. The third-order valence-corrected chi connectivity index (χ3v) is 7.87. The minimum atomic E-state index is -4.48. The fourth-order valence-electron chi connectivity index (χ4n) is 3.59. The molecule has 1 saturated carbocycles. The molecule has 0 radical (unpaired) electrons. The van der Waals surface area contributed by atoms with Crippen molar-refractivity contribution in [1.29, 1.82) is 0 Å². The maximum atomic E-state index is 13.7. The van der Waals surface area contributed by atoms with Crippen LogP contribution in [-0.4, -0.2) is 61.9 Å². The molecular formula is C20H22F4N6O3S. The van der Waals surface area contributed by atoms with Crippen LogP contribution >= 0.6 is 0 Å². The number of β-amino-alcohol motifs (C(OH)–C–C–N with tert-alkyl or cyclic N) is 1. The van der Waals surface area contributed by atoms with E-state index in [-0.39, 0.29) is 28.1 Å². The Balaban J connectivity index is 0.000000180. The molecule has 34 heavy (non-hydrogen) atoms. The molecule has 3 aromatic heterocycles. The third-order valence-electron chi connectivity index (χ3n) is 5.50. The van der Waals surface area contributed by atoms with Crippen molar-refractivity contribution in [3.63, 3.8) is 0 Å².